The number of hydrogen-bond donors (Lipinski definition) is 3. The number of hydrogen-bond acceptors (Lipinski definition) is 3. The maximum Gasteiger partial charge on any atom is 0.416 e. The van der Waals surface area contributed by atoms with Crippen LogP contribution in [0.25, 0.3) is 10.9 Å². The summed E-state index contributed by atoms with van der Waals surface area (Å²) in [4.78, 5) is 20.7. The zero-order valence-electron chi connectivity index (χ0n) is 14.4. The smallest absolute Gasteiger partial charge is 0.416 e. The van der Waals surface area contributed by atoms with Crippen molar-refractivity contribution < 1.29 is 27.9 Å². The van der Waals surface area contributed by atoms with Crippen LogP contribution in [0.3, 0.4) is 0 Å². The molecule has 4 rings (SSSR count). The van der Waals surface area contributed by atoms with Crippen LogP contribution in [-0.4, -0.2) is 27.7 Å². The predicted octanol–water partition coefficient (Wildman–Crippen LogP) is 4.02. The third-order valence-electron chi connectivity index (χ3n) is 4.49. The highest BCUT2D eigenvalue weighted by atomic mass is 19.4. The van der Waals surface area contributed by atoms with Gasteiger partial charge in [0, 0.05) is 11.3 Å². The van der Waals surface area contributed by atoms with Gasteiger partial charge in [-0.15, -0.1) is 0 Å². The lowest BCUT2D eigenvalue weighted by atomic mass is 10.1. The normalized spacial score (nSPS) is 18.1. The molecule has 28 heavy (non-hydrogen) atoms. The molecule has 0 saturated heterocycles. The molecule has 3 aromatic rings. The van der Waals surface area contributed by atoms with Crippen LogP contribution >= 0.6 is 0 Å². The molecule has 9 heteroatoms. The molecular weight excluding hydrogens is 375 g/mol. The molecule has 1 aliphatic rings. The maximum absolute atomic E-state index is 12.7. The summed E-state index contributed by atoms with van der Waals surface area (Å²) in [7, 11) is 0. The number of anilines is 1. The average molecular weight is 391 g/mol. The van der Waals surface area contributed by atoms with E-state index in [2.05, 4.69) is 15.5 Å². The molecule has 1 amide bonds. The van der Waals surface area contributed by atoms with Crippen molar-refractivity contribution in [3.05, 3.63) is 59.7 Å². The Morgan fingerprint density at radius 3 is 2.54 bits per heavy atom. The van der Waals surface area contributed by atoms with Crippen molar-refractivity contribution in [3.63, 3.8) is 0 Å². The zero-order valence-corrected chi connectivity index (χ0v) is 14.4. The van der Waals surface area contributed by atoms with Crippen molar-refractivity contribution in [1.82, 2.24) is 10.2 Å². The number of amides is 1. The summed E-state index contributed by atoms with van der Waals surface area (Å²) in [6.07, 6.45) is -3.66. The van der Waals surface area contributed by atoms with Gasteiger partial charge in [-0.1, -0.05) is 30.3 Å². The number of benzene rings is 2. The van der Waals surface area contributed by atoms with Gasteiger partial charge >= 0.3 is 6.18 Å². The molecule has 2 atom stereocenters. The summed E-state index contributed by atoms with van der Waals surface area (Å²) >= 11 is 0. The predicted molar refractivity (Wildman–Crippen MR) is 95.7 cm³/mol. The number of nitrogens with one attached hydrogen (secondary N) is 2. The van der Waals surface area contributed by atoms with Gasteiger partial charge in [-0.05, 0) is 36.1 Å². The van der Waals surface area contributed by atoms with Gasteiger partial charge in [0.2, 0.25) is 5.91 Å². The molecule has 1 fully saturated rings. The molecule has 1 aliphatic carbocycles. The molecule has 1 saturated carbocycles. The first kappa shape index (κ1) is 19.4. The van der Waals surface area contributed by atoms with Crippen LogP contribution in [0.5, 0.6) is 0 Å². The van der Waals surface area contributed by atoms with Gasteiger partial charge in [-0.2, -0.15) is 18.3 Å². The van der Waals surface area contributed by atoms with Crippen molar-refractivity contribution in [1.29, 1.82) is 0 Å². The molecule has 0 aliphatic heterocycles. The largest absolute Gasteiger partial charge is 0.483 e. The molecule has 0 unspecified atom stereocenters. The van der Waals surface area contributed by atoms with Crippen LogP contribution < -0.4 is 5.32 Å². The third-order valence-corrected chi connectivity index (χ3v) is 4.49. The van der Waals surface area contributed by atoms with E-state index < -0.39 is 11.7 Å². The Morgan fingerprint density at radius 2 is 1.89 bits per heavy atom. The number of H-pyrrole nitrogens is 1. The van der Waals surface area contributed by atoms with Gasteiger partial charge in [0.1, 0.15) is 0 Å². The van der Waals surface area contributed by atoms with Crippen LogP contribution in [0.15, 0.2) is 48.5 Å². The summed E-state index contributed by atoms with van der Waals surface area (Å²) in [6.45, 7) is -0.250. The maximum atomic E-state index is 12.7. The highest BCUT2D eigenvalue weighted by Gasteiger charge is 2.44. The number of carboxylic acid groups (broad SMARTS) is 1. The first-order chi connectivity index (χ1) is 13.3. The molecule has 6 nitrogen and oxygen atoms in total. The minimum atomic E-state index is -4.42. The second kappa shape index (κ2) is 7.71. The summed E-state index contributed by atoms with van der Waals surface area (Å²) in [5.41, 5.74) is 0.595. The fourth-order valence-corrected chi connectivity index (χ4v) is 3.05. The van der Waals surface area contributed by atoms with Crippen molar-refractivity contribution >= 4 is 29.1 Å². The third kappa shape index (κ3) is 4.13. The van der Waals surface area contributed by atoms with E-state index in [9.17, 15) is 18.0 Å². The van der Waals surface area contributed by atoms with E-state index in [1.165, 1.54) is 6.07 Å². The van der Waals surface area contributed by atoms with Crippen molar-refractivity contribution in [2.75, 3.05) is 5.32 Å². The minimum Gasteiger partial charge on any atom is -0.483 e. The number of carbonyl (C=O) groups excluding carboxylic acids is 1. The molecule has 0 spiro atoms. The van der Waals surface area contributed by atoms with Gasteiger partial charge < -0.3 is 10.4 Å². The highest BCUT2D eigenvalue weighted by molar-refractivity contribution is 6.01. The number of carbonyl (C=O) groups is 2. The van der Waals surface area contributed by atoms with Crippen molar-refractivity contribution in [2.24, 2.45) is 5.92 Å². The standard InChI is InChI=1S/C18H14F3N3O.CH2O2/c19-18(20,21)11-6-7-12-15(8-11)23-24-16(12)22-17(25)14-9-13(14)10-4-2-1-3-5-10;2-1-3/h1-8,13-14H,9H2,(H2,22,23,24,25);1H,(H,2,3)/t13-,14+;/m0./s1. The fourth-order valence-electron chi connectivity index (χ4n) is 3.05. The Balaban J connectivity index is 0.000000706. The number of fused-ring (bicyclic) bond motifs is 1. The molecule has 2 aromatic carbocycles. The zero-order chi connectivity index (χ0) is 20.3. The van der Waals surface area contributed by atoms with Crippen LogP contribution in [0.1, 0.15) is 23.5 Å². The Bertz CT molecular complexity index is 986. The van der Waals surface area contributed by atoms with Gasteiger partial charge in [0.05, 0.1) is 11.1 Å². The van der Waals surface area contributed by atoms with Crippen molar-refractivity contribution in [3.8, 4) is 0 Å². The SMILES string of the molecule is O=C(Nc1n[nH]c2cc(C(F)(F)F)ccc12)[C@@H]1C[C@H]1c1ccccc1.O=CO. The van der Waals surface area contributed by atoms with E-state index >= 15 is 0 Å². The summed E-state index contributed by atoms with van der Waals surface area (Å²) in [5, 5.41) is 16.6. The van der Waals surface area contributed by atoms with Crippen LogP contribution in [0, 0.1) is 5.92 Å². The number of rotatable bonds is 3. The molecule has 146 valence electrons. The topological polar surface area (TPSA) is 95.1 Å². The molecule has 3 N–H and O–H groups in total. The van der Waals surface area contributed by atoms with E-state index in [0.29, 0.717) is 5.39 Å². The van der Waals surface area contributed by atoms with E-state index in [-0.39, 0.29) is 35.5 Å². The number of nitrogens with zero attached hydrogens (tertiary/aromatic N) is 1. The Kier molecular flexibility index (Phi) is 5.34. The lowest BCUT2D eigenvalue weighted by molar-refractivity contribution is -0.137. The van der Waals surface area contributed by atoms with Crippen LogP contribution in [0.4, 0.5) is 19.0 Å². The monoisotopic (exact) mass is 391 g/mol. The first-order valence-electron chi connectivity index (χ1n) is 8.34. The first-order valence-corrected chi connectivity index (χ1v) is 8.34. The van der Waals surface area contributed by atoms with E-state index in [4.69, 9.17) is 9.90 Å². The number of aromatic nitrogens is 2. The van der Waals surface area contributed by atoms with E-state index in [1.54, 1.807) is 0 Å². The minimum absolute atomic E-state index is 0.136. The van der Waals surface area contributed by atoms with E-state index in [1.807, 2.05) is 30.3 Å². The summed E-state index contributed by atoms with van der Waals surface area (Å²) in [5.74, 6) is 0.140. The second-order valence-corrected chi connectivity index (χ2v) is 6.28. The van der Waals surface area contributed by atoms with Crippen LogP contribution in [-0.2, 0) is 15.8 Å². The highest BCUT2D eigenvalue weighted by Crippen LogP contribution is 2.48. The summed E-state index contributed by atoms with van der Waals surface area (Å²) < 4.78 is 38.2. The van der Waals surface area contributed by atoms with Gasteiger partial charge in [0.15, 0.2) is 5.82 Å². The Morgan fingerprint density at radius 1 is 1.21 bits per heavy atom. The number of alkyl halides is 3. The van der Waals surface area contributed by atoms with E-state index in [0.717, 1.165) is 24.1 Å². The van der Waals surface area contributed by atoms with Crippen molar-refractivity contribution in [2.45, 2.75) is 18.5 Å². The van der Waals surface area contributed by atoms with Gasteiger partial charge in [-0.3, -0.25) is 14.7 Å². The summed E-state index contributed by atoms with van der Waals surface area (Å²) in [6, 6.07) is 13.1. The average Bonchev–Trinajstić information content (AvgIpc) is 3.38. The molecule has 0 bridgehead atoms. The second-order valence-electron chi connectivity index (χ2n) is 6.28. The lowest BCUT2D eigenvalue weighted by Gasteiger charge is -2.06. The van der Waals surface area contributed by atoms with Crippen LogP contribution in [0.2, 0.25) is 0 Å². The Labute approximate surface area is 157 Å². The lowest BCUT2D eigenvalue weighted by Crippen LogP contribution is -2.15. The number of halogens is 3. The Hall–Kier alpha value is -3.36. The van der Waals surface area contributed by atoms with Gasteiger partial charge in [0.25, 0.3) is 6.47 Å². The fraction of sp³-hybridized carbons (Fsp3) is 0.211. The quantitative estimate of drug-likeness (QED) is 0.588. The molecular formula is C19H16F3N3O3. The molecule has 1 heterocycles. The molecule has 1 aromatic heterocycles. The molecule has 0 radical (unpaired) electrons. The van der Waals surface area contributed by atoms with Gasteiger partial charge in [-0.25, -0.2) is 0 Å². The number of aromatic amines is 1.